The largest absolute Gasteiger partial charge is 0.432 e. The fourth-order valence-corrected chi connectivity index (χ4v) is 11.6. The molecule has 0 bridgehead atoms. The second kappa shape index (κ2) is 13.4. The van der Waals surface area contributed by atoms with Gasteiger partial charge in [-0.2, -0.15) is 0 Å². The van der Waals surface area contributed by atoms with Crippen LogP contribution in [0.15, 0.2) is 115 Å². The molecule has 3 heterocycles. The maximum absolute atomic E-state index is 15.0. The summed E-state index contributed by atoms with van der Waals surface area (Å²) >= 11 is 0. The second-order valence-electron chi connectivity index (χ2n) is 15.0. The number of carbonyl (C=O) groups excluding carboxylic acids is 3. The summed E-state index contributed by atoms with van der Waals surface area (Å²) in [5, 5.41) is 11.8. The van der Waals surface area contributed by atoms with E-state index in [-0.39, 0.29) is 43.8 Å². The van der Waals surface area contributed by atoms with E-state index in [0.29, 0.717) is 17.8 Å². The first-order valence-corrected chi connectivity index (χ1v) is 21.2. The highest BCUT2D eigenvalue weighted by Crippen LogP contribution is 2.60. The van der Waals surface area contributed by atoms with Crippen LogP contribution in [-0.2, 0) is 33.0 Å². The zero-order valence-electron chi connectivity index (χ0n) is 30.1. The molecular formula is C43H43N3O6Si. The van der Waals surface area contributed by atoms with E-state index in [1.165, 1.54) is 0 Å². The predicted molar refractivity (Wildman–Crippen MR) is 207 cm³/mol. The number of aliphatic hydroxyl groups excluding tert-OH is 1. The minimum atomic E-state index is -3.01. The van der Waals surface area contributed by atoms with Crippen molar-refractivity contribution in [2.24, 2.45) is 5.92 Å². The zero-order valence-corrected chi connectivity index (χ0v) is 31.1. The van der Waals surface area contributed by atoms with Crippen LogP contribution in [0.4, 0.5) is 17.1 Å². The highest BCUT2D eigenvalue weighted by Gasteiger charge is 2.66. The van der Waals surface area contributed by atoms with Crippen LogP contribution in [0.25, 0.3) is 10.8 Å². The summed E-state index contributed by atoms with van der Waals surface area (Å²) in [6.07, 6.45) is -0.746. The van der Waals surface area contributed by atoms with E-state index >= 15 is 0 Å². The number of aliphatic hydroxyl groups is 1. The van der Waals surface area contributed by atoms with Gasteiger partial charge in [0.05, 0.1) is 42.6 Å². The normalized spacial score (nSPS) is 21.9. The van der Waals surface area contributed by atoms with Crippen molar-refractivity contribution < 1.29 is 29.0 Å². The van der Waals surface area contributed by atoms with E-state index < -0.39 is 31.5 Å². The van der Waals surface area contributed by atoms with Crippen LogP contribution in [0.3, 0.4) is 0 Å². The molecule has 10 heteroatoms. The minimum absolute atomic E-state index is 0.0307. The fourth-order valence-electron chi connectivity index (χ4n) is 9.05. The lowest BCUT2D eigenvalue weighted by molar-refractivity contribution is -0.150. The van der Waals surface area contributed by atoms with Gasteiger partial charge in [0, 0.05) is 41.2 Å². The number of benzene rings is 5. The van der Waals surface area contributed by atoms with Crippen molar-refractivity contribution in [2.45, 2.75) is 56.8 Å². The lowest BCUT2D eigenvalue weighted by atomic mass is 9.82. The number of nitrogens with zero attached hydrogens (tertiary/aromatic N) is 3. The highest BCUT2D eigenvalue weighted by atomic mass is 28.4. The summed E-state index contributed by atoms with van der Waals surface area (Å²) in [5.41, 5.74) is 3.60. The molecule has 270 valence electrons. The summed E-state index contributed by atoms with van der Waals surface area (Å²) < 4.78 is 6.93. The number of hydrogen-bond donors (Lipinski definition) is 2. The van der Waals surface area contributed by atoms with Gasteiger partial charge in [-0.15, -0.1) is 0 Å². The van der Waals surface area contributed by atoms with Gasteiger partial charge in [-0.05, 0) is 59.9 Å². The number of anilines is 3. The average Bonchev–Trinajstić information content (AvgIpc) is 3.70. The topological polar surface area (TPSA) is 111 Å². The van der Waals surface area contributed by atoms with E-state index in [4.69, 9.17) is 4.74 Å². The third-order valence-corrected chi connectivity index (χ3v) is 13.8. The van der Waals surface area contributed by atoms with Crippen LogP contribution in [-0.4, -0.2) is 60.1 Å². The Hall–Kier alpha value is -5.13. The van der Waals surface area contributed by atoms with Gasteiger partial charge in [0.2, 0.25) is 5.91 Å². The number of fused-ring (bicyclic) bond motifs is 2. The number of amides is 3. The third kappa shape index (κ3) is 5.77. The molecule has 5 aromatic carbocycles. The summed E-state index contributed by atoms with van der Waals surface area (Å²) in [5.74, 6) is -0.964. The molecule has 0 aliphatic carbocycles. The molecule has 1 spiro atoms. The molecule has 1 saturated heterocycles. The van der Waals surface area contributed by atoms with Crippen LogP contribution in [0, 0.1) is 5.92 Å². The van der Waals surface area contributed by atoms with Gasteiger partial charge in [0.1, 0.15) is 0 Å². The van der Waals surface area contributed by atoms with E-state index in [1.54, 1.807) is 14.7 Å². The number of hydrogen-bond acceptors (Lipinski definition) is 6. The predicted octanol–water partition coefficient (Wildman–Crippen LogP) is 6.89. The molecular weight excluding hydrogens is 683 g/mol. The van der Waals surface area contributed by atoms with Crippen LogP contribution in [0.5, 0.6) is 0 Å². The molecule has 0 aromatic heterocycles. The Labute approximate surface area is 310 Å². The molecule has 0 radical (unpaired) electrons. The summed E-state index contributed by atoms with van der Waals surface area (Å²) in [7, 11) is -3.01. The first kappa shape index (κ1) is 34.9. The van der Waals surface area contributed by atoms with Gasteiger partial charge in [-0.1, -0.05) is 91.9 Å². The van der Waals surface area contributed by atoms with Crippen molar-refractivity contribution in [1.29, 1.82) is 0 Å². The van der Waals surface area contributed by atoms with Crippen LogP contribution >= 0.6 is 0 Å². The quantitative estimate of drug-likeness (QED) is 0.152. The van der Waals surface area contributed by atoms with Crippen molar-refractivity contribution >= 4 is 53.9 Å². The van der Waals surface area contributed by atoms with E-state index in [2.05, 4.69) is 0 Å². The molecule has 3 aliphatic heterocycles. The molecule has 4 atom stereocenters. The van der Waals surface area contributed by atoms with Crippen molar-refractivity contribution in [3.63, 3.8) is 0 Å². The summed E-state index contributed by atoms with van der Waals surface area (Å²) in [6.45, 7) is 6.18. The van der Waals surface area contributed by atoms with E-state index in [9.17, 15) is 24.3 Å². The summed E-state index contributed by atoms with van der Waals surface area (Å²) in [4.78, 5) is 59.5. The van der Waals surface area contributed by atoms with Gasteiger partial charge in [-0.3, -0.25) is 19.3 Å². The van der Waals surface area contributed by atoms with E-state index in [0.717, 1.165) is 38.8 Å². The Morgan fingerprint density at radius 1 is 0.868 bits per heavy atom. The second-order valence-corrected chi connectivity index (χ2v) is 19.0. The summed E-state index contributed by atoms with van der Waals surface area (Å²) in [6, 6.07) is 36.7. The lowest BCUT2D eigenvalue weighted by Crippen LogP contribution is -2.46. The molecule has 2 N–H and O–H groups in total. The van der Waals surface area contributed by atoms with Crippen molar-refractivity contribution in [2.75, 3.05) is 23.0 Å². The van der Waals surface area contributed by atoms with Gasteiger partial charge in [-0.25, -0.2) is 0 Å². The van der Waals surface area contributed by atoms with Gasteiger partial charge >= 0.3 is 0 Å². The highest BCUT2D eigenvalue weighted by molar-refractivity contribution is 6.71. The van der Waals surface area contributed by atoms with Crippen molar-refractivity contribution in [3.8, 4) is 0 Å². The number of para-hydroxylation sites is 1. The Kier molecular flexibility index (Phi) is 8.81. The number of rotatable bonds is 10. The SMILES string of the molecule is C[C@@H]1[C@@H]([Si](C)(C)O)[C@H](CC(=O)N(CCO)Cc2ccccc2)O[C@@]12C(=O)N(Cc1cccc(N3C(=O)c4cccc5cccc3c45)c1)c1ccccc12. The Bertz CT molecular complexity index is 2230. The maximum Gasteiger partial charge on any atom is 0.264 e. The van der Waals surface area contributed by atoms with Gasteiger partial charge in [0.25, 0.3) is 11.8 Å². The Balaban J connectivity index is 1.10. The number of ether oxygens (including phenoxy) is 1. The van der Waals surface area contributed by atoms with Crippen LogP contribution in [0.1, 0.15) is 40.4 Å². The van der Waals surface area contributed by atoms with Gasteiger partial charge < -0.3 is 24.4 Å². The molecule has 53 heavy (non-hydrogen) atoms. The minimum Gasteiger partial charge on any atom is -0.432 e. The van der Waals surface area contributed by atoms with Crippen molar-refractivity contribution in [3.05, 3.63) is 138 Å². The lowest BCUT2D eigenvalue weighted by Gasteiger charge is -2.32. The van der Waals surface area contributed by atoms with E-state index in [1.807, 2.05) is 135 Å². The van der Waals surface area contributed by atoms with Crippen LogP contribution < -0.4 is 9.80 Å². The van der Waals surface area contributed by atoms with Gasteiger partial charge in [0.15, 0.2) is 13.9 Å². The van der Waals surface area contributed by atoms with Crippen molar-refractivity contribution in [1.82, 2.24) is 4.90 Å². The first-order valence-electron chi connectivity index (χ1n) is 18.2. The molecule has 1 fully saturated rings. The average molecular weight is 726 g/mol. The zero-order chi connectivity index (χ0) is 37.1. The standard InChI is InChI=1S/C43H43N3O6Si/c1-28-40(53(2,3)51)37(25-38(48)44(22-23-47)26-29-12-5-4-6-13-29)52-43(28)34-19-7-8-20-35(34)45(42(43)50)27-30-14-9-17-32(24-30)46-36-21-11-16-31-15-10-18-33(39(31)36)41(46)49/h4-21,24,28,37,40,47,51H,22-23,25-27H2,1-3H3/t28-,37+,40-,43+/m1/s1. The van der Waals surface area contributed by atoms with Crippen LogP contribution in [0.2, 0.25) is 18.6 Å². The third-order valence-electron chi connectivity index (χ3n) is 11.3. The number of carbonyl (C=O) groups is 3. The molecule has 5 aromatic rings. The first-order chi connectivity index (χ1) is 25.5. The molecule has 8 rings (SSSR count). The molecule has 3 aliphatic rings. The molecule has 0 unspecified atom stereocenters. The fraction of sp³-hybridized carbons (Fsp3) is 0.279. The maximum atomic E-state index is 15.0. The Morgan fingerprint density at radius 2 is 1.55 bits per heavy atom. The Morgan fingerprint density at radius 3 is 2.30 bits per heavy atom. The molecule has 9 nitrogen and oxygen atoms in total. The monoisotopic (exact) mass is 725 g/mol. The molecule has 0 saturated carbocycles. The molecule has 3 amide bonds. The smallest absolute Gasteiger partial charge is 0.264 e.